The molecule has 0 amide bonds. The SMILES string of the molecule is CC(C)(CN)Cc1c2c(cc3c1OCC3)OCC2. The highest BCUT2D eigenvalue weighted by Gasteiger charge is 2.29. The Morgan fingerprint density at radius 2 is 2.00 bits per heavy atom. The summed E-state index contributed by atoms with van der Waals surface area (Å²) in [5.41, 5.74) is 9.97. The Kier molecular flexibility index (Phi) is 2.74. The van der Waals surface area contributed by atoms with Crippen molar-refractivity contribution < 1.29 is 9.47 Å². The van der Waals surface area contributed by atoms with E-state index in [-0.39, 0.29) is 5.41 Å². The minimum absolute atomic E-state index is 0.109. The normalized spacial score (nSPS) is 17.1. The van der Waals surface area contributed by atoms with Gasteiger partial charge in [0.25, 0.3) is 0 Å². The van der Waals surface area contributed by atoms with E-state index >= 15 is 0 Å². The lowest BCUT2D eigenvalue weighted by molar-refractivity contribution is 0.336. The molecule has 0 radical (unpaired) electrons. The van der Waals surface area contributed by atoms with Crippen LogP contribution in [-0.2, 0) is 19.3 Å². The number of fused-ring (bicyclic) bond motifs is 2. The molecular weight excluding hydrogens is 226 g/mol. The quantitative estimate of drug-likeness (QED) is 0.889. The van der Waals surface area contributed by atoms with Gasteiger partial charge in [-0.25, -0.2) is 0 Å². The van der Waals surface area contributed by atoms with E-state index in [1.807, 2.05) is 0 Å². The summed E-state index contributed by atoms with van der Waals surface area (Å²) in [5.74, 6) is 2.18. The van der Waals surface area contributed by atoms with Gasteiger partial charge in [0.15, 0.2) is 0 Å². The van der Waals surface area contributed by atoms with Crippen molar-refractivity contribution in [3.05, 3.63) is 22.8 Å². The first-order chi connectivity index (χ1) is 8.61. The smallest absolute Gasteiger partial charge is 0.126 e. The Morgan fingerprint density at radius 1 is 1.22 bits per heavy atom. The molecule has 0 spiro atoms. The number of benzene rings is 1. The molecule has 2 aliphatic rings. The number of hydrogen-bond donors (Lipinski definition) is 1. The van der Waals surface area contributed by atoms with Crippen LogP contribution in [0.15, 0.2) is 6.07 Å². The van der Waals surface area contributed by atoms with Crippen molar-refractivity contribution >= 4 is 0 Å². The topological polar surface area (TPSA) is 44.5 Å². The van der Waals surface area contributed by atoms with E-state index in [2.05, 4.69) is 19.9 Å². The molecular formula is C15H21NO2. The zero-order valence-electron chi connectivity index (χ0n) is 11.2. The second kappa shape index (κ2) is 4.16. The fraction of sp³-hybridized carbons (Fsp3) is 0.600. The van der Waals surface area contributed by atoms with Crippen molar-refractivity contribution in [1.29, 1.82) is 0 Å². The molecule has 2 aliphatic heterocycles. The summed E-state index contributed by atoms with van der Waals surface area (Å²) in [7, 11) is 0. The maximum atomic E-state index is 5.87. The molecule has 0 saturated heterocycles. The largest absolute Gasteiger partial charge is 0.493 e. The molecule has 0 saturated carbocycles. The fourth-order valence-corrected chi connectivity index (χ4v) is 2.82. The predicted molar refractivity (Wildman–Crippen MR) is 71.4 cm³/mol. The molecule has 3 heteroatoms. The van der Waals surface area contributed by atoms with Crippen LogP contribution in [0.2, 0.25) is 0 Å². The van der Waals surface area contributed by atoms with Crippen LogP contribution < -0.4 is 15.2 Å². The summed E-state index contributed by atoms with van der Waals surface area (Å²) in [6.07, 6.45) is 2.97. The summed E-state index contributed by atoms with van der Waals surface area (Å²) in [6, 6.07) is 2.17. The summed E-state index contributed by atoms with van der Waals surface area (Å²) in [4.78, 5) is 0. The summed E-state index contributed by atoms with van der Waals surface area (Å²) in [5, 5.41) is 0. The summed E-state index contributed by atoms with van der Waals surface area (Å²) in [6.45, 7) is 6.71. The van der Waals surface area contributed by atoms with E-state index in [9.17, 15) is 0 Å². The first kappa shape index (κ1) is 11.8. The first-order valence-electron chi connectivity index (χ1n) is 6.74. The highest BCUT2D eigenvalue weighted by atomic mass is 16.5. The van der Waals surface area contributed by atoms with Gasteiger partial charge in [0, 0.05) is 29.5 Å². The molecule has 2 N–H and O–H groups in total. The average Bonchev–Trinajstić information content (AvgIpc) is 2.96. The zero-order valence-corrected chi connectivity index (χ0v) is 11.2. The molecule has 0 aliphatic carbocycles. The Bertz CT molecular complexity index is 448. The van der Waals surface area contributed by atoms with Gasteiger partial charge < -0.3 is 15.2 Å². The van der Waals surface area contributed by atoms with Crippen molar-refractivity contribution in [1.82, 2.24) is 0 Å². The number of ether oxygens (including phenoxy) is 2. The second-order valence-corrected chi connectivity index (χ2v) is 6.06. The van der Waals surface area contributed by atoms with Crippen LogP contribution in [0.5, 0.6) is 11.5 Å². The highest BCUT2D eigenvalue weighted by molar-refractivity contribution is 5.56. The molecule has 3 nitrogen and oxygen atoms in total. The number of nitrogens with two attached hydrogens (primary N) is 1. The minimum Gasteiger partial charge on any atom is -0.493 e. The fourth-order valence-electron chi connectivity index (χ4n) is 2.82. The summed E-state index contributed by atoms with van der Waals surface area (Å²) < 4.78 is 11.6. The van der Waals surface area contributed by atoms with Gasteiger partial charge in [0.05, 0.1) is 13.2 Å². The first-order valence-corrected chi connectivity index (χ1v) is 6.74. The van der Waals surface area contributed by atoms with Crippen LogP contribution in [0.4, 0.5) is 0 Å². The van der Waals surface area contributed by atoms with Gasteiger partial charge in [0.2, 0.25) is 0 Å². The Labute approximate surface area is 108 Å². The van der Waals surface area contributed by atoms with E-state index in [1.54, 1.807) is 0 Å². The third-order valence-electron chi connectivity index (χ3n) is 3.97. The summed E-state index contributed by atoms with van der Waals surface area (Å²) >= 11 is 0. The molecule has 1 aromatic carbocycles. The molecule has 0 bridgehead atoms. The molecule has 0 atom stereocenters. The van der Waals surface area contributed by atoms with Crippen molar-refractivity contribution in [3.8, 4) is 11.5 Å². The molecule has 18 heavy (non-hydrogen) atoms. The van der Waals surface area contributed by atoms with Crippen LogP contribution >= 0.6 is 0 Å². The third kappa shape index (κ3) is 1.87. The lowest BCUT2D eigenvalue weighted by Crippen LogP contribution is -2.26. The number of rotatable bonds is 3. The highest BCUT2D eigenvalue weighted by Crippen LogP contribution is 2.42. The van der Waals surface area contributed by atoms with E-state index in [1.165, 1.54) is 16.7 Å². The maximum absolute atomic E-state index is 5.87. The second-order valence-electron chi connectivity index (χ2n) is 6.06. The monoisotopic (exact) mass is 247 g/mol. The van der Waals surface area contributed by atoms with Crippen LogP contribution in [0.1, 0.15) is 30.5 Å². The van der Waals surface area contributed by atoms with Gasteiger partial charge in [0.1, 0.15) is 11.5 Å². The molecule has 0 aromatic heterocycles. The average molecular weight is 247 g/mol. The van der Waals surface area contributed by atoms with Gasteiger partial charge >= 0.3 is 0 Å². The van der Waals surface area contributed by atoms with Crippen molar-refractivity contribution in [2.45, 2.75) is 33.1 Å². The lowest BCUT2D eigenvalue weighted by atomic mass is 9.83. The molecule has 0 unspecified atom stereocenters. The lowest BCUT2D eigenvalue weighted by Gasteiger charge is -2.25. The van der Waals surface area contributed by atoms with E-state index in [4.69, 9.17) is 15.2 Å². The standard InChI is InChI=1S/C15H21NO2/c1-15(2,9-16)8-12-11-4-6-17-13(11)7-10-3-5-18-14(10)12/h7H,3-6,8-9,16H2,1-2H3. The van der Waals surface area contributed by atoms with Crippen molar-refractivity contribution in [2.75, 3.05) is 19.8 Å². The Morgan fingerprint density at radius 3 is 2.78 bits per heavy atom. The molecule has 98 valence electrons. The van der Waals surface area contributed by atoms with Gasteiger partial charge in [-0.1, -0.05) is 13.8 Å². The van der Waals surface area contributed by atoms with Gasteiger partial charge in [-0.2, -0.15) is 0 Å². The van der Waals surface area contributed by atoms with Crippen LogP contribution in [-0.4, -0.2) is 19.8 Å². The van der Waals surface area contributed by atoms with E-state index < -0.39 is 0 Å². The Hall–Kier alpha value is -1.22. The zero-order chi connectivity index (χ0) is 12.8. The van der Waals surface area contributed by atoms with Crippen LogP contribution in [0, 0.1) is 5.41 Å². The third-order valence-corrected chi connectivity index (χ3v) is 3.97. The molecule has 1 aromatic rings. The van der Waals surface area contributed by atoms with E-state index in [0.717, 1.165) is 44.0 Å². The Balaban J connectivity index is 2.07. The van der Waals surface area contributed by atoms with Gasteiger partial charge in [-0.15, -0.1) is 0 Å². The predicted octanol–water partition coefficient (Wildman–Crippen LogP) is 2.08. The van der Waals surface area contributed by atoms with E-state index in [0.29, 0.717) is 6.54 Å². The van der Waals surface area contributed by atoms with Crippen LogP contribution in [0.3, 0.4) is 0 Å². The molecule has 0 fully saturated rings. The maximum Gasteiger partial charge on any atom is 0.126 e. The minimum atomic E-state index is 0.109. The number of hydrogen-bond acceptors (Lipinski definition) is 3. The van der Waals surface area contributed by atoms with Crippen LogP contribution in [0.25, 0.3) is 0 Å². The van der Waals surface area contributed by atoms with Crippen molar-refractivity contribution in [3.63, 3.8) is 0 Å². The van der Waals surface area contributed by atoms with Gasteiger partial charge in [-0.3, -0.25) is 0 Å². The molecule has 2 heterocycles. The van der Waals surface area contributed by atoms with Crippen molar-refractivity contribution in [2.24, 2.45) is 11.1 Å². The molecule has 3 rings (SSSR count). The van der Waals surface area contributed by atoms with Gasteiger partial charge in [-0.05, 0) is 24.4 Å².